The first kappa shape index (κ1) is 22.2. The lowest BCUT2D eigenvalue weighted by Crippen LogP contribution is -2.44. The van der Waals surface area contributed by atoms with Gasteiger partial charge in [-0.05, 0) is 31.1 Å². The molecule has 3 aliphatic rings. The second kappa shape index (κ2) is 9.38. The zero-order chi connectivity index (χ0) is 17.9. The highest BCUT2D eigenvalue weighted by molar-refractivity contribution is 14.0. The van der Waals surface area contributed by atoms with E-state index in [2.05, 4.69) is 22.5 Å². The average Bonchev–Trinajstić information content (AvgIpc) is 3.14. The van der Waals surface area contributed by atoms with Crippen molar-refractivity contribution in [1.29, 1.82) is 0 Å². The zero-order valence-electron chi connectivity index (χ0n) is 15.7. The van der Waals surface area contributed by atoms with Gasteiger partial charge in [0.05, 0.1) is 18.1 Å². The third-order valence-electron chi connectivity index (χ3n) is 5.56. The molecule has 0 aromatic rings. The van der Waals surface area contributed by atoms with Crippen molar-refractivity contribution in [2.75, 3.05) is 38.2 Å². The quantitative estimate of drug-likeness (QED) is 0.345. The number of hydrogen-bond donors (Lipinski definition) is 2. The lowest BCUT2D eigenvalue weighted by atomic mass is 9.86. The van der Waals surface area contributed by atoms with Crippen molar-refractivity contribution in [3.63, 3.8) is 0 Å². The Morgan fingerprint density at radius 3 is 2.50 bits per heavy atom. The van der Waals surface area contributed by atoms with Crippen LogP contribution in [-0.4, -0.2) is 64.5 Å². The van der Waals surface area contributed by atoms with Gasteiger partial charge in [0.15, 0.2) is 21.6 Å². The summed E-state index contributed by atoms with van der Waals surface area (Å²) >= 11 is 0. The van der Waals surface area contributed by atoms with Crippen molar-refractivity contribution in [3.8, 4) is 0 Å². The van der Waals surface area contributed by atoms with Crippen molar-refractivity contribution in [1.82, 2.24) is 10.6 Å². The summed E-state index contributed by atoms with van der Waals surface area (Å²) < 4.78 is 35.2. The van der Waals surface area contributed by atoms with Crippen LogP contribution in [0.1, 0.15) is 39.0 Å². The Hall–Kier alpha value is -0.130. The maximum Gasteiger partial charge on any atom is 0.191 e. The molecule has 0 amide bonds. The molecule has 2 N–H and O–H groups in total. The van der Waals surface area contributed by atoms with Crippen LogP contribution in [0.25, 0.3) is 0 Å². The monoisotopic (exact) mass is 501 g/mol. The summed E-state index contributed by atoms with van der Waals surface area (Å²) in [6.45, 7) is 4.16. The van der Waals surface area contributed by atoms with Crippen molar-refractivity contribution >= 4 is 39.8 Å². The van der Waals surface area contributed by atoms with E-state index in [9.17, 15) is 8.42 Å². The fourth-order valence-electron chi connectivity index (χ4n) is 3.89. The number of hydrogen-bond acceptors (Lipinski definition) is 5. The van der Waals surface area contributed by atoms with Crippen LogP contribution in [-0.2, 0) is 19.3 Å². The van der Waals surface area contributed by atoms with Crippen molar-refractivity contribution in [2.24, 2.45) is 16.8 Å². The second-order valence-corrected chi connectivity index (χ2v) is 9.98. The van der Waals surface area contributed by atoms with Gasteiger partial charge < -0.3 is 20.1 Å². The van der Waals surface area contributed by atoms with E-state index in [4.69, 9.17) is 9.47 Å². The van der Waals surface area contributed by atoms with Crippen molar-refractivity contribution in [2.45, 2.75) is 50.9 Å². The van der Waals surface area contributed by atoms with E-state index in [-0.39, 0.29) is 47.5 Å². The Morgan fingerprint density at radius 2 is 1.88 bits per heavy atom. The first-order valence-electron chi connectivity index (χ1n) is 9.36. The molecule has 0 aromatic heterocycles. The van der Waals surface area contributed by atoms with E-state index >= 15 is 0 Å². The standard InChI is InChI=1S/C17H31N3O4S.HI/c1-13-3-6-17(7-4-13)23-11-15(24-17)10-20-16(18-2)19-9-14-5-8-25(21,22)12-14;/h13-15H,3-12H2,1-2H3,(H2,18,19,20);1H. The third kappa shape index (κ3) is 5.93. The Morgan fingerprint density at radius 1 is 1.19 bits per heavy atom. The summed E-state index contributed by atoms with van der Waals surface area (Å²) in [5.74, 6) is 1.83. The smallest absolute Gasteiger partial charge is 0.191 e. The van der Waals surface area contributed by atoms with E-state index in [1.807, 2.05) is 0 Å². The maximum absolute atomic E-state index is 11.5. The molecule has 9 heteroatoms. The van der Waals surface area contributed by atoms with Crippen LogP contribution in [0.5, 0.6) is 0 Å². The van der Waals surface area contributed by atoms with Crippen LogP contribution >= 0.6 is 24.0 Å². The third-order valence-corrected chi connectivity index (χ3v) is 7.39. The van der Waals surface area contributed by atoms with Gasteiger partial charge >= 0.3 is 0 Å². The van der Waals surface area contributed by atoms with Gasteiger partial charge in [-0.3, -0.25) is 4.99 Å². The molecular formula is C17H32IN3O4S. The number of sulfone groups is 1. The second-order valence-electron chi connectivity index (χ2n) is 7.75. The molecule has 3 fully saturated rings. The van der Waals surface area contributed by atoms with E-state index in [0.29, 0.717) is 31.4 Å². The van der Waals surface area contributed by atoms with Crippen LogP contribution in [0.15, 0.2) is 4.99 Å². The van der Waals surface area contributed by atoms with E-state index < -0.39 is 9.84 Å². The summed E-state index contributed by atoms with van der Waals surface area (Å²) in [4.78, 5) is 4.21. The van der Waals surface area contributed by atoms with Gasteiger partial charge in [0.1, 0.15) is 6.10 Å². The molecule has 2 saturated heterocycles. The van der Waals surface area contributed by atoms with E-state index in [1.165, 1.54) is 0 Å². The SMILES string of the molecule is CN=C(NCC1CCS(=O)(=O)C1)NCC1COC2(CCC(C)CC2)O1.I. The molecule has 0 aromatic carbocycles. The van der Waals surface area contributed by atoms with E-state index in [1.54, 1.807) is 7.05 Å². The molecule has 26 heavy (non-hydrogen) atoms. The number of ether oxygens (including phenoxy) is 2. The van der Waals surface area contributed by atoms with Gasteiger partial charge in [-0.2, -0.15) is 0 Å². The summed E-state index contributed by atoms with van der Waals surface area (Å²) in [5, 5.41) is 6.50. The van der Waals surface area contributed by atoms with Crippen LogP contribution in [0.3, 0.4) is 0 Å². The molecule has 0 bridgehead atoms. The zero-order valence-corrected chi connectivity index (χ0v) is 18.8. The normalized spacial score (nSPS) is 36.7. The van der Waals surface area contributed by atoms with Gasteiger partial charge in [-0.15, -0.1) is 24.0 Å². The minimum Gasteiger partial charge on any atom is -0.356 e. The number of aliphatic imine (C=N–C) groups is 1. The molecule has 0 radical (unpaired) electrons. The Bertz CT molecular complexity index is 591. The number of halogens is 1. The molecular weight excluding hydrogens is 469 g/mol. The van der Waals surface area contributed by atoms with E-state index in [0.717, 1.165) is 38.0 Å². The minimum atomic E-state index is -2.83. The Balaban J connectivity index is 0.00000243. The molecule has 7 nitrogen and oxygen atoms in total. The molecule has 2 atom stereocenters. The first-order chi connectivity index (χ1) is 11.9. The van der Waals surface area contributed by atoms with Gasteiger partial charge in [0, 0.05) is 33.0 Å². The molecule has 152 valence electrons. The van der Waals surface area contributed by atoms with Crippen LogP contribution in [0, 0.1) is 11.8 Å². The highest BCUT2D eigenvalue weighted by Gasteiger charge is 2.43. The van der Waals surface area contributed by atoms with Gasteiger partial charge in [0.25, 0.3) is 0 Å². The van der Waals surface area contributed by atoms with Gasteiger partial charge in [0.2, 0.25) is 0 Å². The fourth-order valence-corrected chi connectivity index (χ4v) is 5.75. The molecule has 2 heterocycles. The van der Waals surface area contributed by atoms with Crippen LogP contribution in [0.4, 0.5) is 0 Å². The number of nitrogens with one attached hydrogen (secondary N) is 2. The van der Waals surface area contributed by atoms with Crippen LogP contribution < -0.4 is 10.6 Å². The largest absolute Gasteiger partial charge is 0.356 e. The lowest BCUT2D eigenvalue weighted by Gasteiger charge is -2.34. The van der Waals surface area contributed by atoms with Crippen molar-refractivity contribution < 1.29 is 17.9 Å². The highest BCUT2D eigenvalue weighted by atomic mass is 127. The fraction of sp³-hybridized carbons (Fsp3) is 0.941. The molecule has 3 rings (SSSR count). The summed E-state index contributed by atoms with van der Waals surface area (Å²) in [5.41, 5.74) is 0. The predicted octanol–water partition coefficient (Wildman–Crippen LogP) is 1.53. The first-order valence-corrected chi connectivity index (χ1v) is 11.2. The molecule has 2 unspecified atom stereocenters. The topological polar surface area (TPSA) is 89.0 Å². The number of rotatable bonds is 4. The number of guanidine groups is 1. The Labute approximate surface area is 174 Å². The average molecular weight is 501 g/mol. The molecule has 1 aliphatic carbocycles. The predicted molar refractivity (Wildman–Crippen MR) is 113 cm³/mol. The maximum atomic E-state index is 11.5. The van der Waals surface area contributed by atoms with Crippen molar-refractivity contribution in [3.05, 3.63) is 0 Å². The molecule has 2 aliphatic heterocycles. The summed E-state index contributed by atoms with van der Waals surface area (Å²) in [6.07, 6.45) is 5.04. The van der Waals surface area contributed by atoms with Gasteiger partial charge in [-0.1, -0.05) is 6.92 Å². The Kier molecular flexibility index (Phi) is 7.99. The summed E-state index contributed by atoms with van der Waals surface area (Å²) in [7, 11) is -1.11. The molecule has 1 spiro atoms. The minimum absolute atomic E-state index is 0. The lowest BCUT2D eigenvalue weighted by molar-refractivity contribution is -0.191. The number of nitrogens with zero attached hydrogens (tertiary/aromatic N) is 1. The highest BCUT2D eigenvalue weighted by Crippen LogP contribution is 2.39. The summed E-state index contributed by atoms with van der Waals surface area (Å²) in [6, 6.07) is 0. The van der Waals surface area contributed by atoms with Crippen LogP contribution in [0.2, 0.25) is 0 Å². The van der Waals surface area contributed by atoms with Gasteiger partial charge in [-0.25, -0.2) is 8.42 Å². The molecule has 1 saturated carbocycles.